The maximum absolute atomic E-state index is 13.5. The van der Waals surface area contributed by atoms with Gasteiger partial charge in [0.25, 0.3) is 0 Å². The van der Waals surface area contributed by atoms with E-state index < -0.39 is 5.97 Å². The van der Waals surface area contributed by atoms with Crippen LogP contribution in [0.3, 0.4) is 0 Å². The molecular weight excluding hydrogens is 261 g/mol. The van der Waals surface area contributed by atoms with Crippen LogP contribution >= 0.6 is 0 Å². The third kappa shape index (κ3) is 2.88. The van der Waals surface area contributed by atoms with E-state index in [1.807, 2.05) is 0 Å². The van der Waals surface area contributed by atoms with E-state index >= 15 is 0 Å². The second kappa shape index (κ2) is 5.61. The third-order valence-electron chi connectivity index (χ3n) is 2.78. The minimum atomic E-state index is -0.570. The van der Waals surface area contributed by atoms with E-state index in [1.54, 1.807) is 31.2 Å². The molecule has 104 valence electrons. The van der Waals surface area contributed by atoms with Crippen molar-refractivity contribution >= 4 is 11.7 Å². The van der Waals surface area contributed by atoms with Gasteiger partial charge in [0.2, 0.25) is 0 Å². The van der Waals surface area contributed by atoms with Gasteiger partial charge in [-0.1, -0.05) is 6.07 Å². The van der Waals surface area contributed by atoms with Gasteiger partial charge in [-0.2, -0.15) is 0 Å². The predicted octanol–water partition coefficient (Wildman–Crippen LogP) is 3.30. The fourth-order valence-electron chi connectivity index (χ4n) is 1.67. The molecule has 2 aromatic rings. The molecule has 2 N–H and O–H groups in total. The summed E-state index contributed by atoms with van der Waals surface area (Å²) >= 11 is 0. The summed E-state index contributed by atoms with van der Waals surface area (Å²) in [5.74, 6) is -0.394. The zero-order valence-electron chi connectivity index (χ0n) is 11.1. The van der Waals surface area contributed by atoms with Crippen molar-refractivity contribution in [3.63, 3.8) is 0 Å². The van der Waals surface area contributed by atoms with E-state index in [0.29, 0.717) is 17.0 Å². The highest BCUT2D eigenvalue weighted by Gasteiger charge is 2.14. The summed E-state index contributed by atoms with van der Waals surface area (Å²) in [6.07, 6.45) is 0. The van der Waals surface area contributed by atoms with Crippen molar-refractivity contribution in [3.05, 3.63) is 53.3 Å². The molecule has 0 spiro atoms. The molecule has 0 aliphatic rings. The standard InChI is InChI=1S/C15H14FNO3/c1-9-3-5-11(8-13(9)16)20-14-6-4-10(17)7-12(14)15(18)19-2/h3-8H,17H2,1-2H3. The monoisotopic (exact) mass is 275 g/mol. The van der Waals surface area contributed by atoms with Gasteiger partial charge in [-0.05, 0) is 36.8 Å². The Kier molecular flexibility index (Phi) is 3.89. The lowest BCUT2D eigenvalue weighted by Gasteiger charge is -2.11. The normalized spacial score (nSPS) is 10.2. The summed E-state index contributed by atoms with van der Waals surface area (Å²) < 4.78 is 23.7. The lowest BCUT2D eigenvalue weighted by Crippen LogP contribution is -2.04. The van der Waals surface area contributed by atoms with E-state index in [4.69, 9.17) is 10.5 Å². The Labute approximate surface area is 115 Å². The Morgan fingerprint density at radius 2 is 1.95 bits per heavy atom. The number of benzene rings is 2. The molecule has 0 aliphatic heterocycles. The van der Waals surface area contributed by atoms with Crippen LogP contribution < -0.4 is 10.5 Å². The molecule has 20 heavy (non-hydrogen) atoms. The Bertz CT molecular complexity index is 656. The predicted molar refractivity (Wildman–Crippen MR) is 73.4 cm³/mol. The van der Waals surface area contributed by atoms with Crippen molar-refractivity contribution in [1.82, 2.24) is 0 Å². The van der Waals surface area contributed by atoms with Gasteiger partial charge in [0.1, 0.15) is 22.9 Å². The maximum atomic E-state index is 13.5. The summed E-state index contributed by atoms with van der Waals surface area (Å²) in [5.41, 5.74) is 6.75. The Morgan fingerprint density at radius 3 is 2.60 bits per heavy atom. The van der Waals surface area contributed by atoms with Gasteiger partial charge in [0, 0.05) is 11.8 Å². The number of aryl methyl sites for hydroxylation is 1. The first-order chi connectivity index (χ1) is 9.51. The van der Waals surface area contributed by atoms with E-state index in [9.17, 15) is 9.18 Å². The van der Waals surface area contributed by atoms with Crippen LogP contribution in [0.15, 0.2) is 36.4 Å². The first-order valence-electron chi connectivity index (χ1n) is 5.93. The zero-order chi connectivity index (χ0) is 14.7. The molecule has 0 saturated heterocycles. The van der Waals surface area contributed by atoms with Gasteiger partial charge in [0.15, 0.2) is 0 Å². The van der Waals surface area contributed by atoms with Crippen LogP contribution in [0.5, 0.6) is 11.5 Å². The molecule has 4 nitrogen and oxygen atoms in total. The number of methoxy groups -OCH3 is 1. The second-order valence-electron chi connectivity index (χ2n) is 4.26. The number of ether oxygens (including phenoxy) is 2. The number of esters is 1. The summed E-state index contributed by atoms with van der Waals surface area (Å²) in [5, 5.41) is 0. The summed E-state index contributed by atoms with van der Waals surface area (Å²) in [4.78, 5) is 11.7. The molecule has 0 aliphatic carbocycles. The van der Waals surface area contributed by atoms with Gasteiger partial charge in [-0.15, -0.1) is 0 Å². The summed E-state index contributed by atoms with van der Waals surface area (Å²) in [6.45, 7) is 1.65. The quantitative estimate of drug-likeness (QED) is 0.689. The fraction of sp³-hybridized carbons (Fsp3) is 0.133. The van der Waals surface area contributed by atoms with Crippen LogP contribution in [-0.2, 0) is 4.74 Å². The number of anilines is 1. The largest absolute Gasteiger partial charge is 0.465 e. The van der Waals surface area contributed by atoms with Crippen LogP contribution in [0.2, 0.25) is 0 Å². The third-order valence-corrected chi connectivity index (χ3v) is 2.78. The van der Waals surface area contributed by atoms with Crippen LogP contribution in [0.25, 0.3) is 0 Å². The van der Waals surface area contributed by atoms with Crippen molar-refractivity contribution in [3.8, 4) is 11.5 Å². The van der Waals surface area contributed by atoms with E-state index in [1.165, 1.54) is 19.2 Å². The molecule has 0 aromatic heterocycles. The van der Waals surface area contributed by atoms with Crippen molar-refractivity contribution < 1.29 is 18.7 Å². The van der Waals surface area contributed by atoms with Gasteiger partial charge in [0.05, 0.1) is 7.11 Å². The van der Waals surface area contributed by atoms with Crippen molar-refractivity contribution in [1.29, 1.82) is 0 Å². The molecule has 2 rings (SSSR count). The Morgan fingerprint density at radius 1 is 1.20 bits per heavy atom. The molecule has 0 radical (unpaired) electrons. The van der Waals surface area contributed by atoms with Gasteiger partial charge in [-0.3, -0.25) is 0 Å². The van der Waals surface area contributed by atoms with Gasteiger partial charge in [-0.25, -0.2) is 9.18 Å². The highest BCUT2D eigenvalue weighted by Crippen LogP contribution is 2.28. The molecule has 0 fully saturated rings. The molecule has 0 saturated carbocycles. The zero-order valence-corrected chi connectivity index (χ0v) is 11.1. The van der Waals surface area contributed by atoms with E-state index in [0.717, 1.165) is 0 Å². The second-order valence-corrected chi connectivity index (χ2v) is 4.26. The maximum Gasteiger partial charge on any atom is 0.341 e. The van der Waals surface area contributed by atoms with Crippen LogP contribution in [-0.4, -0.2) is 13.1 Å². The molecule has 2 aromatic carbocycles. The number of hydrogen-bond acceptors (Lipinski definition) is 4. The molecule has 0 bridgehead atoms. The average molecular weight is 275 g/mol. The first-order valence-corrected chi connectivity index (χ1v) is 5.93. The molecule has 0 atom stereocenters. The van der Waals surface area contributed by atoms with E-state index in [2.05, 4.69) is 4.74 Å². The smallest absolute Gasteiger partial charge is 0.341 e. The summed E-state index contributed by atoms with van der Waals surface area (Å²) in [7, 11) is 1.26. The molecular formula is C15H14FNO3. The number of nitrogens with two attached hydrogens (primary N) is 1. The molecule has 0 amide bonds. The van der Waals surface area contributed by atoms with E-state index in [-0.39, 0.29) is 17.1 Å². The van der Waals surface area contributed by atoms with Gasteiger partial charge >= 0.3 is 5.97 Å². The van der Waals surface area contributed by atoms with Crippen molar-refractivity contribution in [2.45, 2.75) is 6.92 Å². The fourth-order valence-corrected chi connectivity index (χ4v) is 1.67. The average Bonchev–Trinajstić information content (AvgIpc) is 2.44. The number of hydrogen-bond donors (Lipinski definition) is 1. The molecule has 5 heteroatoms. The highest BCUT2D eigenvalue weighted by atomic mass is 19.1. The molecule has 0 unspecified atom stereocenters. The number of carbonyl (C=O) groups is 1. The SMILES string of the molecule is COC(=O)c1cc(N)ccc1Oc1ccc(C)c(F)c1. The highest BCUT2D eigenvalue weighted by molar-refractivity contribution is 5.93. The van der Waals surface area contributed by atoms with Crippen LogP contribution in [0.1, 0.15) is 15.9 Å². The van der Waals surface area contributed by atoms with Crippen LogP contribution in [0.4, 0.5) is 10.1 Å². The van der Waals surface area contributed by atoms with Crippen molar-refractivity contribution in [2.75, 3.05) is 12.8 Å². The van der Waals surface area contributed by atoms with Crippen molar-refractivity contribution in [2.24, 2.45) is 0 Å². The number of nitrogen functional groups attached to an aromatic ring is 1. The molecule has 0 heterocycles. The first kappa shape index (κ1) is 13.9. The lowest BCUT2D eigenvalue weighted by molar-refractivity contribution is 0.0598. The lowest BCUT2D eigenvalue weighted by atomic mass is 10.1. The minimum absolute atomic E-state index is 0.188. The van der Waals surface area contributed by atoms with Crippen LogP contribution in [0, 0.1) is 12.7 Å². The van der Waals surface area contributed by atoms with Gasteiger partial charge < -0.3 is 15.2 Å². The summed E-state index contributed by atoms with van der Waals surface area (Å²) in [6, 6.07) is 9.06. The Balaban J connectivity index is 2.37. The number of rotatable bonds is 3. The Hall–Kier alpha value is -2.56. The minimum Gasteiger partial charge on any atom is -0.465 e. The topological polar surface area (TPSA) is 61.5 Å². The number of halogens is 1. The number of carbonyl (C=O) groups excluding carboxylic acids is 1.